The molecule has 1 aliphatic rings. The molecule has 1 saturated carbocycles. The molecule has 1 N–H and O–H groups in total. The van der Waals surface area contributed by atoms with Gasteiger partial charge in [-0.05, 0) is 31.5 Å². The molecule has 0 aliphatic heterocycles. The van der Waals surface area contributed by atoms with Gasteiger partial charge in [0, 0.05) is 17.6 Å². The Morgan fingerprint density at radius 3 is 2.55 bits per heavy atom. The van der Waals surface area contributed by atoms with E-state index in [-0.39, 0.29) is 11.9 Å². The molecule has 1 aliphatic carbocycles. The van der Waals surface area contributed by atoms with Crippen molar-refractivity contribution in [1.82, 2.24) is 9.62 Å². The van der Waals surface area contributed by atoms with Crippen molar-refractivity contribution >= 4 is 27.5 Å². The summed E-state index contributed by atoms with van der Waals surface area (Å²) in [5, 5.41) is 0.592. The molecule has 1 aromatic rings. The molecule has 2 rings (SSSR count). The number of nitrogens with zero attached hydrogens (tertiary/aromatic N) is 1. The summed E-state index contributed by atoms with van der Waals surface area (Å²) >= 11 is 6.17. The standard InChI is InChI=1S/C15H21ClN2O3S/c1-17-22(20,21)11-15(19)18(13-7-3-4-8-13)10-12-6-2-5-9-14(12)16/h2,5-6,9,13,17H,3-4,7-8,10-11H2,1H3. The number of rotatable bonds is 6. The lowest BCUT2D eigenvalue weighted by Gasteiger charge is -2.29. The van der Waals surface area contributed by atoms with Crippen LogP contribution in [0, 0.1) is 0 Å². The maximum Gasteiger partial charge on any atom is 0.239 e. The van der Waals surface area contributed by atoms with Crippen LogP contribution >= 0.6 is 11.6 Å². The van der Waals surface area contributed by atoms with E-state index in [1.54, 1.807) is 11.0 Å². The van der Waals surface area contributed by atoms with Gasteiger partial charge in [0.2, 0.25) is 15.9 Å². The molecule has 22 heavy (non-hydrogen) atoms. The largest absolute Gasteiger partial charge is 0.334 e. The fraction of sp³-hybridized carbons (Fsp3) is 0.533. The van der Waals surface area contributed by atoms with Gasteiger partial charge in [0.1, 0.15) is 5.75 Å². The van der Waals surface area contributed by atoms with Crippen molar-refractivity contribution in [3.63, 3.8) is 0 Å². The fourth-order valence-corrected chi connectivity index (χ4v) is 3.60. The van der Waals surface area contributed by atoms with Gasteiger partial charge in [-0.3, -0.25) is 4.79 Å². The average Bonchev–Trinajstić information content (AvgIpc) is 2.99. The van der Waals surface area contributed by atoms with Crippen LogP contribution in [-0.2, 0) is 21.4 Å². The molecule has 0 heterocycles. The smallest absolute Gasteiger partial charge is 0.239 e. The summed E-state index contributed by atoms with van der Waals surface area (Å²) in [6.07, 6.45) is 3.96. The van der Waals surface area contributed by atoms with Crippen LogP contribution in [0.1, 0.15) is 31.2 Å². The molecule has 122 valence electrons. The number of nitrogens with one attached hydrogen (secondary N) is 1. The van der Waals surface area contributed by atoms with Gasteiger partial charge in [0.05, 0.1) is 0 Å². The number of hydrogen-bond donors (Lipinski definition) is 1. The second-order valence-electron chi connectivity index (χ2n) is 5.51. The van der Waals surface area contributed by atoms with Crippen molar-refractivity contribution in [3.8, 4) is 0 Å². The normalized spacial score (nSPS) is 15.9. The molecule has 1 amide bonds. The van der Waals surface area contributed by atoms with Crippen molar-refractivity contribution in [2.24, 2.45) is 0 Å². The Bertz CT molecular complexity index is 627. The molecule has 1 fully saturated rings. The predicted molar refractivity (Wildman–Crippen MR) is 87.1 cm³/mol. The highest BCUT2D eigenvalue weighted by Crippen LogP contribution is 2.27. The first-order valence-corrected chi connectivity index (χ1v) is 9.40. The molecule has 1 aromatic carbocycles. The Hall–Kier alpha value is -1.11. The third kappa shape index (κ3) is 4.44. The van der Waals surface area contributed by atoms with E-state index >= 15 is 0 Å². The van der Waals surface area contributed by atoms with E-state index in [0.29, 0.717) is 11.6 Å². The molecule has 0 saturated heterocycles. The summed E-state index contributed by atoms with van der Waals surface area (Å²) in [5.41, 5.74) is 0.839. The Labute approximate surface area is 136 Å². The summed E-state index contributed by atoms with van der Waals surface area (Å²) < 4.78 is 25.5. The zero-order chi connectivity index (χ0) is 16.2. The summed E-state index contributed by atoms with van der Waals surface area (Å²) in [6.45, 7) is 0.350. The third-order valence-corrected chi connectivity index (χ3v) is 5.63. The van der Waals surface area contributed by atoms with Gasteiger partial charge in [0.15, 0.2) is 0 Å². The lowest BCUT2D eigenvalue weighted by molar-refractivity contribution is -0.131. The van der Waals surface area contributed by atoms with Crippen LogP contribution in [-0.4, -0.2) is 38.1 Å². The van der Waals surface area contributed by atoms with Crippen molar-refractivity contribution in [2.75, 3.05) is 12.8 Å². The lowest BCUT2D eigenvalue weighted by Crippen LogP contribution is -2.43. The third-order valence-electron chi connectivity index (χ3n) is 4.01. The van der Waals surface area contributed by atoms with E-state index in [1.165, 1.54) is 7.05 Å². The van der Waals surface area contributed by atoms with E-state index in [9.17, 15) is 13.2 Å². The highest BCUT2D eigenvalue weighted by Gasteiger charge is 2.29. The fourth-order valence-electron chi connectivity index (χ4n) is 2.76. The van der Waals surface area contributed by atoms with E-state index in [1.807, 2.05) is 18.2 Å². The first kappa shape index (κ1) is 17.2. The summed E-state index contributed by atoms with van der Waals surface area (Å²) in [6, 6.07) is 7.43. The van der Waals surface area contributed by atoms with Gasteiger partial charge in [-0.25, -0.2) is 13.1 Å². The minimum atomic E-state index is -3.57. The number of benzene rings is 1. The van der Waals surface area contributed by atoms with Crippen molar-refractivity contribution in [2.45, 2.75) is 38.3 Å². The molecule has 0 aromatic heterocycles. The van der Waals surface area contributed by atoms with Crippen LogP contribution < -0.4 is 4.72 Å². The van der Waals surface area contributed by atoms with Crippen LogP contribution in [0.4, 0.5) is 0 Å². The van der Waals surface area contributed by atoms with E-state index in [4.69, 9.17) is 11.6 Å². The number of hydrogen-bond acceptors (Lipinski definition) is 3. The Morgan fingerprint density at radius 1 is 1.32 bits per heavy atom. The van der Waals surface area contributed by atoms with Crippen molar-refractivity contribution in [1.29, 1.82) is 0 Å². The van der Waals surface area contributed by atoms with Crippen molar-refractivity contribution < 1.29 is 13.2 Å². The molecule has 0 spiro atoms. The van der Waals surface area contributed by atoms with Gasteiger partial charge in [-0.1, -0.05) is 42.6 Å². The Morgan fingerprint density at radius 2 is 1.95 bits per heavy atom. The number of halogens is 1. The quantitative estimate of drug-likeness (QED) is 0.860. The Balaban J connectivity index is 2.19. The molecule has 5 nitrogen and oxygen atoms in total. The zero-order valence-electron chi connectivity index (χ0n) is 12.6. The van der Waals surface area contributed by atoms with Gasteiger partial charge < -0.3 is 4.90 Å². The second-order valence-corrected chi connectivity index (χ2v) is 7.85. The first-order valence-electron chi connectivity index (χ1n) is 7.37. The Kier molecular flexibility index (Phi) is 5.83. The van der Waals surface area contributed by atoms with Gasteiger partial charge in [-0.15, -0.1) is 0 Å². The molecule has 7 heteroatoms. The van der Waals surface area contributed by atoms with E-state index < -0.39 is 15.8 Å². The number of sulfonamides is 1. The number of carbonyl (C=O) groups is 1. The summed E-state index contributed by atoms with van der Waals surface area (Å²) in [5.74, 6) is -0.897. The molecule has 0 bridgehead atoms. The predicted octanol–water partition coefficient (Wildman–Crippen LogP) is 2.16. The molecule has 0 radical (unpaired) electrons. The van der Waals surface area contributed by atoms with Crippen molar-refractivity contribution in [3.05, 3.63) is 34.9 Å². The molecule has 0 atom stereocenters. The molecular formula is C15H21ClN2O3S. The van der Waals surface area contributed by atoms with Crippen LogP contribution in [0.5, 0.6) is 0 Å². The average molecular weight is 345 g/mol. The minimum Gasteiger partial charge on any atom is -0.334 e. The summed E-state index contributed by atoms with van der Waals surface area (Å²) in [4.78, 5) is 14.2. The van der Waals surface area contributed by atoms with Crippen LogP contribution in [0.25, 0.3) is 0 Å². The highest BCUT2D eigenvalue weighted by molar-refractivity contribution is 7.90. The second kappa shape index (κ2) is 7.44. The maximum absolute atomic E-state index is 12.5. The lowest BCUT2D eigenvalue weighted by atomic mass is 10.1. The topological polar surface area (TPSA) is 66.5 Å². The zero-order valence-corrected chi connectivity index (χ0v) is 14.2. The highest BCUT2D eigenvalue weighted by atomic mass is 35.5. The van der Waals surface area contributed by atoms with Gasteiger partial charge in [-0.2, -0.15) is 0 Å². The number of carbonyl (C=O) groups excluding carboxylic acids is 1. The maximum atomic E-state index is 12.5. The molecule has 0 unspecified atom stereocenters. The molecular weight excluding hydrogens is 324 g/mol. The van der Waals surface area contributed by atoms with Crippen LogP contribution in [0.3, 0.4) is 0 Å². The van der Waals surface area contributed by atoms with Crippen LogP contribution in [0.15, 0.2) is 24.3 Å². The van der Waals surface area contributed by atoms with Gasteiger partial charge >= 0.3 is 0 Å². The SMILES string of the molecule is CNS(=O)(=O)CC(=O)N(Cc1ccccc1Cl)C1CCCC1. The monoisotopic (exact) mass is 344 g/mol. The number of amides is 1. The van der Waals surface area contributed by atoms with Gasteiger partial charge in [0.25, 0.3) is 0 Å². The van der Waals surface area contributed by atoms with E-state index in [0.717, 1.165) is 31.2 Å². The van der Waals surface area contributed by atoms with E-state index in [2.05, 4.69) is 4.72 Å². The summed E-state index contributed by atoms with van der Waals surface area (Å²) in [7, 11) is -2.25. The van der Waals surface area contributed by atoms with Crippen LogP contribution in [0.2, 0.25) is 5.02 Å². The first-order chi connectivity index (χ1) is 10.4. The minimum absolute atomic E-state index is 0.0934.